The number of aromatic nitrogens is 4. The van der Waals surface area contributed by atoms with Crippen molar-refractivity contribution in [2.24, 2.45) is 5.73 Å². The zero-order valence-electron chi connectivity index (χ0n) is 20.5. The fraction of sp³-hybridized carbons (Fsp3) is 0.440. The summed E-state index contributed by atoms with van der Waals surface area (Å²) in [5.41, 5.74) is 5.81. The molecule has 38 heavy (non-hydrogen) atoms. The Hall–Kier alpha value is -3.38. The molecular formula is C25H26ClF3N6O3. The predicted octanol–water partition coefficient (Wildman–Crippen LogP) is 3.91. The second kappa shape index (κ2) is 10.1. The number of benzene rings is 1. The summed E-state index contributed by atoms with van der Waals surface area (Å²) in [6, 6.07) is 5.01. The summed E-state index contributed by atoms with van der Waals surface area (Å²) in [4.78, 5) is 27.2. The van der Waals surface area contributed by atoms with Gasteiger partial charge in [-0.3, -0.25) is 14.3 Å². The minimum Gasteiger partial charge on any atom is -0.364 e. The van der Waals surface area contributed by atoms with Crippen LogP contribution in [-0.4, -0.2) is 38.1 Å². The van der Waals surface area contributed by atoms with Crippen molar-refractivity contribution in [3.63, 3.8) is 0 Å². The Morgan fingerprint density at radius 2 is 2.03 bits per heavy atom. The molecule has 0 aliphatic carbocycles. The number of alkyl halides is 3. The van der Waals surface area contributed by atoms with Gasteiger partial charge < -0.3 is 15.4 Å². The molecule has 0 radical (unpaired) electrons. The average molecular weight is 551 g/mol. The number of carbonyl (C=O) groups excluding carboxylic acids is 1. The van der Waals surface area contributed by atoms with Crippen molar-refractivity contribution in [3.8, 4) is 0 Å². The van der Waals surface area contributed by atoms with Crippen LogP contribution in [0.4, 0.5) is 18.9 Å². The van der Waals surface area contributed by atoms with E-state index in [1.165, 1.54) is 33.8 Å². The van der Waals surface area contributed by atoms with Gasteiger partial charge in [-0.05, 0) is 37.8 Å². The quantitative estimate of drug-likeness (QED) is 0.516. The number of primary amides is 1. The number of nitrogens with two attached hydrogens (primary N) is 1. The standard InChI is InChI=1S/C25H26ClF3N6O3/c1-14-10-18-16(13-33(14)19-11-31-35(24(37)21(19)26)20-8-4-5-9-38-20)22(23(30)36)32-34(18)12-15-6-2-3-7-17(15)25(27,28)29/h2-3,6-7,11,14,20H,4-5,8-10,12-13H2,1H3,(H2,30,36)/t14-,20?/m1/s1. The third kappa shape index (κ3) is 4.78. The Morgan fingerprint density at radius 3 is 2.71 bits per heavy atom. The van der Waals surface area contributed by atoms with Crippen LogP contribution in [0.15, 0.2) is 35.3 Å². The summed E-state index contributed by atoms with van der Waals surface area (Å²) < 4.78 is 49.1. The highest BCUT2D eigenvalue weighted by atomic mass is 35.5. The lowest BCUT2D eigenvalue weighted by Gasteiger charge is -2.36. The van der Waals surface area contributed by atoms with Gasteiger partial charge in [-0.2, -0.15) is 28.1 Å². The molecule has 1 saturated heterocycles. The van der Waals surface area contributed by atoms with Crippen molar-refractivity contribution >= 4 is 23.2 Å². The van der Waals surface area contributed by atoms with E-state index in [9.17, 15) is 22.8 Å². The summed E-state index contributed by atoms with van der Waals surface area (Å²) in [6.45, 7) is 2.37. The maximum Gasteiger partial charge on any atom is 0.416 e. The molecule has 1 aromatic carbocycles. The Morgan fingerprint density at radius 1 is 1.26 bits per heavy atom. The van der Waals surface area contributed by atoms with E-state index in [2.05, 4.69) is 10.2 Å². The van der Waals surface area contributed by atoms with Crippen molar-refractivity contribution in [2.75, 3.05) is 11.5 Å². The first kappa shape index (κ1) is 26.2. The van der Waals surface area contributed by atoms with Gasteiger partial charge in [0.15, 0.2) is 11.9 Å². The molecule has 13 heteroatoms. The molecule has 1 amide bonds. The van der Waals surface area contributed by atoms with Crippen molar-refractivity contribution in [1.29, 1.82) is 0 Å². The van der Waals surface area contributed by atoms with Gasteiger partial charge in [-0.15, -0.1) is 0 Å². The molecule has 9 nitrogen and oxygen atoms in total. The highest BCUT2D eigenvalue weighted by Crippen LogP contribution is 2.35. The smallest absolute Gasteiger partial charge is 0.364 e. The first-order valence-corrected chi connectivity index (χ1v) is 12.6. The van der Waals surface area contributed by atoms with Crippen LogP contribution in [0.25, 0.3) is 0 Å². The summed E-state index contributed by atoms with van der Waals surface area (Å²) >= 11 is 6.53. The number of rotatable bonds is 5. The van der Waals surface area contributed by atoms with Crippen molar-refractivity contribution in [1.82, 2.24) is 19.6 Å². The van der Waals surface area contributed by atoms with Crippen LogP contribution in [0.3, 0.4) is 0 Å². The van der Waals surface area contributed by atoms with Crippen molar-refractivity contribution < 1.29 is 22.7 Å². The number of anilines is 1. The van der Waals surface area contributed by atoms with Gasteiger partial charge >= 0.3 is 6.18 Å². The fourth-order valence-electron chi connectivity index (χ4n) is 5.15. The van der Waals surface area contributed by atoms with Gasteiger partial charge in [0.1, 0.15) is 5.02 Å². The molecule has 0 bridgehead atoms. The molecule has 1 fully saturated rings. The molecule has 5 rings (SSSR count). The molecule has 202 valence electrons. The lowest BCUT2D eigenvalue weighted by molar-refractivity contribution is -0.138. The summed E-state index contributed by atoms with van der Waals surface area (Å²) in [6.07, 6.45) is -0.698. The minimum absolute atomic E-state index is 0.0252. The van der Waals surface area contributed by atoms with Crippen LogP contribution in [0.1, 0.15) is 65.3 Å². The Kier molecular flexibility index (Phi) is 6.95. The van der Waals surface area contributed by atoms with Crippen LogP contribution < -0.4 is 16.2 Å². The fourth-order valence-corrected chi connectivity index (χ4v) is 5.39. The van der Waals surface area contributed by atoms with E-state index >= 15 is 0 Å². The molecule has 2 aliphatic heterocycles. The van der Waals surface area contributed by atoms with Gasteiger partial charge in [0, 0.05) is 36.9 Å². The van der Waals surface area contributed by atoms with Crippen LogP contribution in [0.2, 0.25) is 5.02 Å². The van der Waals surface area contributed by atoms with E-state index in [1.807, 2.05) is 11.8 Å². The van der Waals surface area contributed by atoms with E-state index in [1.54, 1.807) is 0 Å². The van der Waals surface area contributed by atoms with Gasteiger partial charge in [-0.1, -0.05) is 29.8 Å². The third-order valence-electron chi connectivity index (χ3n) is 7.06. The highest BCUT2D eigenvalue weighted by Gasteiger charge is 2.36. The van der Waals surface area contributed by atoms with Crippen LogP contribution >= 0.6 is 11.6 Å². The van der Waals surface area contributed by atoms with Crippen LogP contribution in [0.5, 0.6) is 0 Å². The average Bonchev–Trinajstić information content (AvgIpc) is 3.23. The number of halogens is 4. The minimum atomic E-state index is -4.53. The monoisotopic (exact) mass is 550 g/mol. The number of ether oxygens (including phenoxy) is 1. The number of amides is 1. The number of fused-ring (bicyclic) bond motifs is 1. The molecule has 1 unspecified atom stereocenters. The second-order valence-corrected chi connectivity index (χ2v) is 9.92. The largest absolute Gasteiger partial charge is 0.416 e. The summed E-state index contributed by atoms with van der Waals surface area (Å²) in [5, 5.41) is 8.59. The summed E-state index contributed by atoms with van der Waals surface area (Å²) in [7, 11) is 0. The van der Waals surface area contributed by atoms with Crippen molar-refractivity contribution in [2.45, 2.75) is 64.1 Å². The van der Waals surface area contributed by atoms with Gasteiger partial charge in [0.05, 0.1) is 24.0 Å². The number of hydrogen-bond donors (Lipinski definition) is 1. The molecule has 2 aromatic heterocycles. The molecule has 0 spiro atoms. The van der Waals surface area contributed by atoms with E-state index in [0.29, 0.717) is 36.4 Å². The topological polar surface area (TPSA) is 108 Å². The Labute approximate surface area is 220 Å². The predicted molar refractivity (Wildman–Crippen MR) is 133 cm³/mol. The maximum atomic E-state index is 13.6. The first-order chi connectivity index (χ1) is 18.1. The molecule has 0 saturated carbocycles. The number of carbonyl (C=O) groups is 1. The van der Waals surface area contributed by atoms with E-state index in [-0.39, 0.29) is 35.4 Å². The zero-order chi connectivity index (χ0) is 27.2. The number of nitrogens with zero attached hydrogens (tertiary/aromatic N) is 5. The van der Waals surface area contributed by atoms with Crippen molar-refractivity contribution in [3.05, 3.63) is 73.9 Å². The summed E-state index contributed by atoms with van der Waals surface area (Å²) in [5.74, 6) is -0.798. The van der Waals surface area contributed by atoms with E-state index < -0.39 is 29.4 Å². The van der Waals surface area contributed by atoms with Gasteiger partial charge in [-0.25, -0.2) is 0 Å². The van der Waals surface area contributed by atoms with Gasteiger partial charge in [0.2, 0.25) is 0 Å². The van der Waals surface area contributed by atoms with Gasteiger partial charge in [0.25, 0.3) is 11.5 Å². The molecule has 2 N–H and O–H groups in total. The lowest BCUT2D eigenvalue weighted by atomic mass is 9.98. The van der Waals surface area contributed by atoms with E-state index in [4.69, 9.17) is 22.1 Å². The number of hydrogen-bond acceptors (Lipinski definition) is 6. The van der Waals surface area contributed by atoms with Crippen LogP contribution in [0, 0.1) is 0 Å². The molecule has 2 atom stereocenters. The molecule has 3 aromatic rings. The molecule has 4 heterocycles. The molecule has 2 aliphatic rings. The second-order valence-electron chi connectivity index (χ2n) is 9.55. The third-order valence-corrected chi connectivity index (χ3v) is 7.41. The van der Waals surface area contributed by atoms with Crippen LogP contribution in [-0.2, 0) is 30.4 Å². The first-order valence-electron chi connectivity index (χ1n) is 12.2. The SMILES string of the molecule is C[C@@H]1Cc2c(c(C(N)=O)nn2Cc2ccccc2C(F)(F)F)CN1c1cnn(C2CCCCO2)c(=O)c1Cl. The Balaban J connectivity index is 1.50. The Bertz CT molecular complexity index is 1430. The zero-order valence-corrected chi connectivity index (χ0v) is 21.3. The van der Waals surface area contributed by atoms with E-state index in [0.717, 1.165) is 18.9 Å². The normalized spacial score (nSPS) is 19.9. The maximum absolute atomic E-state index is 13.6. The molecular weight excluding hydrogens is 525 g/mol. The highest BCUT2D eigenvalue weighted by molar-refractivity contribution is 6.33. The lowest BCUT2D eigenvalue weighted by Crippen LogP contribution is -2.41.